The highest BCUT2D eigenvalue weighted by atomic mass is 16.2. The summed E-state index contributed by atoms with van der Waals surface area (Å²) < 4.78 is 0. The molecule has 0 N–H and O–H groups in total. The fourth-order valence-electron chi connectivity index (χ4n) is 4.47. The quantitative estimate of drug-likeness (QED) is 0.767. The molecule has 2 aliphatic rings. The molecule has 0 aliphatic carbocycles. The van der Waals surface area contributed by atoms with Crippen LogP contribution in [0.4, 0.5) is 0 Å². The zero-order valence-electron chi connectivity index (χ0n) is 17.1. The standard InChI is InChI=1S/C23H35N3O/c1-4-19-6-8-21(9-7-19)23(27)25(5-2)18-20-10-16-26(17-11-20)22-12-14-24(3)15-13-22/h4,6-9,20,22H,1,5,10-18H2,2-3H3. The van der Waals surface area contributed by atoms with Crippen molar-refractivity contribution in [1.29, 1.82) is 0 Å². The minimum absolute atomic E-state index is 0.158. The lowest BCUT2D eigenvalue weighted by atomic mass is 9.93. The molecule has 4 nitrogen and oxygen atoms in total. The minimum atomic E-state index is 0.158. The first-order chi connectivity index (χ1) is 13.1. The first-order valence-corrected chi connectivity index (χ1v) is 10.5. The number of benzene rings is 1. The van der Waals surface area contributed by atoms with E-state index in [9.17, 15) is 4.79 Å². The summed E-state index contributed by atoms with van der Waals surface area (Å²) in [5.74, 6) is 0.787. The second-order valence-electron chi connectivity index (χ2n) is 8.18. The van der Waals surface area contributed by atoms with Gasteiger partial charge in [0.15, 0.2) is 0 Å². The molecule has 4 heteroatoms. The molecule has 0 aromatic heterocycles. The monoisotopic (exact) mass is 369 g/mol. The Labute approximate surface area is 164 Å². The van der Waals surface area contributed by atoms with E-state index in [2.05, 4.69) is 30.4 Å². The van der Waals surface area contributed by atoms with E-state index >= 15 is 0 Å². The zero-order chi connectivity index (χ0) is 19.2. The SMILES string of the molecule is C=Cc1ccc(C(=O)N(CC)CC2CCN(C3CCN(C)CC3)CC2)cc1. The van der Waals surface area contributed by atoms with Gasteiger partial charge >= 0.3 is 0 Å². The van der Waals surface area contributed by atoms with Crippen LogP contribution in [0.25, 0.3) is 6.08 Å². The fourth-order valence-corrected chi connectivity index (χ4v) is 4.47. The summed E-state index contributed by atoms with van der Waals surface area (Å²) in [6.45, 7) is 12.4. The highest BCUT2D eigenvalue weighted by Gasteiger charge is 2.28. The van der Waals surface area contributed by atoms with Crippen LogP contribution in [0.3, 0.4) is 0 Å². The highest BCUT2D eigenvalue weighted by Crippen LogP contribution is 2.24. The summed E-state index contributed by atoms with van der Waals surface area (Å²) >= 11 is 0. The van der Waals surface area contributed by atoms with Crippen LogP contribution in [-0.4, -0.2) is 73.0 Å². The van der Waals surface area contributed by atoms with Crippen molar-refractivity contribution in [2.45, 2.75) is 38.6 Å². The molecule has 1 amide bonds. The van der Waals surface area contributed by atoms with E-state index in [1.807, 2.05) is 35.2 Å². The molecular weight excluding hydrogens is 334 g/mol. The molecule has 0 bridgehead atoms. The van der Waals surface area contributed by atoms with Crippen molar-refractivity contribution < 1.29 is 4.79 Å². The number of rotatable bonds is 6. The number of amides is 1. The maximum atomic E-state index is 12.9. The normalized spacial score (nSPS) is 20.5. The van der Waals surface area contributed by atoms with Gasteiger partial charge in [-0.3, -0.25) is 4.79 Å². The molecule has 0 atom stereocenters. The summed E-state index contributed by atoms with van der Waals surface area (Å²) in [5, 5.41) is 0. The van der Waals surface area contributed by atoms with Crippen molar-refractivity contribution >= 4 is 12.0 Å². The lowest BCUT2D eigenvalue weighted by molar-refractivity contribution is 0.0611. The molecule has 1 aromatic carbocycles. The maximum Gasteiger partial charge on any atom is 0.253 e. The average molecular weight is 370 g/mol. The molecule has 2 aliphatic heterocycles. The zero-order valence-corrected chi connectivity index (χ0v) is 17.1. The molecule has 2 fully saturated rings. The molecule has 27 heavy (non-hydrogen) atoms. The third-order valence-corrected chi connectivity index (χ3v) is 6.39. The van der Waals surface area contributed by atoms with Crippen molar-refractivity contribution in [3.63, 3.8) is 0 Å². The van der Waals surface area contributed by atoms with Gasteiger partial charge in [-0.15, -0.1) is 0 Å². The van der Waals surface area contributed by atoms with E-state index in [1.54, 1.807) is 0 Å². The van der Waals surface area contributed by atoms with E-state index in [0.29, 0.717) is 5.92 Å². The van der Waals surface area contributed by atoms with Gasteiger partial charge in [-0.05, 0) is 89.4 Å². The van der Waals surface area contributed by atoms with Crippen molar-refractivity contribution in [2.24, 2.45) is 5.92 Å². The van der Waals surface area contributed by atoms with E-state index < -0.39 is 0 Å². The van der Waals surface area contributed by atoms with E-state index in [0.717, 1.165) is 30.3 Å². The van der Waals surface area contributed by atoms with Gasteiger partial charge in [0.2, 0.25) is 0 Å². The predicted octanol–water partition coefficient (Wildman–Crippen LogP) is 3.60. The molecule has 148 valence electrons. The smallest absolute Gasteiger partial charge is 0.253 e. The lowest BCUT2D eigenvalue weighted by Crippen LogP contribution is -2.48. The van der Waals surface area contributed by atoms with Crippen LogP contribution in [0, 0.1) is 5.92 Å². The predicted molar refractivity (Wildman–Crippen MR) is 113 cm³/mol. The number of hydrogen-bond acceptors (Lipinski definition) is 3. The van der Waals surface area contributed by atoms with Crippen molar-refractivity contribution in [3.05, 3.63) is 42.0 Å². The van der Waals surface area contributed by atoms with Gasteiger partial charge in [0, 0.05) is 24.7 Å². The summed E-state index contributed by atoms with van der Waals surface area (Å²) in [5.41, 5.74) is 1.84. The van der Waals surface area contributed by atoms with E-state index in [-0.39, 0.29) is 5.91 Å². The van der Waals surface area contributed by atoms with Crippen LogP contribution >= 0.6 is 0 Å². The Hall–Kier alpha value is -1.65. The number of piperidine rings is 2. The number of likely N-dealkylation sites (tertiary alicyclic amines) is 2. The van der Waals surface area contributed by atoms with Crippen LogP contribution < -0.4 is 0 Å². The van der Waals surface area contributed by atoms with Crippen LogP contribution in [0.15, 0.2) is 30.8 Å². The second-order valence-corrected chi connectivity index (χ2v) is 8.18. The largest absolute Gasteiger partial charge is 0.339 e. The summed E-state index contributed by atoms with van der Waals surface area (Å²) in [4.78, 5) is 20.0. The molecule has 0 spiro atoms. The van der Waals surface area contributed by atoms with Gasteiger partial charge in [0.25, 0.3) is 5.91 Å². The van der Waals surface area contributed by atoms with Gasteiger partial charge < -0.3 is 14.7 Å². The van der Waals surface area contributed by atoms with Crippen molar-refractivity contribution in [3.8, 4) is 0 Å². The maximum absolute atomic E-state index is 12.9. The Bertz CT molecular complexity index is 611. The van der Waals surface area contributed by atoms with E-state index in [1.165, 1.54) is 51.9 Å². The van der Waals surface area contributed by atoms with Crippen LogP contribution in [-0.2, 0) is 0 Å². The van der Waals surface area contributed by atoms with Crippen LogP contribution in [0.5, 0.6) is 0 Å². The second kappa shape index (κ2) is 9.52. The van der Waals surface area contributed by atoms with Crippen LogP contribution in [0.1, 0.15) is 48.5 Å². The fraction of sp³-hybridized carbons (Fsp3) is 0.609. The Morgan fingerprint density at radius 2 is 1.74 bits per heavy atom. The topological polar surface area (TPSA) is 26.8 Å². The Morgan fingerprint density at radius 3 is 2.30 bits per heavy atom. The molecule has 1 aromatic rings. The average Bonchev–Trinajstić information content (AvgIpc) is 2.72. The number of hydrogen-bond donors (Lipinski definition) is 0. The van der Waals surface area contributed by atoms with Gasteiger partial charge in [-0.2, -0.15) is 0 Å². The van der Waals surface area contributed by atoms with Gasteiger partial charge in [0.05, 0.1) is 0 Å². The number of carbonyl (C=O) groups excluding carboxylic acids is 1. The highest BCUT2D eigenvalue weighted by molar-refractivity contribution is 5.94. The van der Waals surface area contributed by atoms with Crippen LogP contribution in [0.2, 0.25) is 0 Å². The molecular formula is C23H35N3O. The lowest BCUT2D eigenvalue weighted by Gasteiger charge is -2.41. The Balaban J connectivity index is 1.50. The van der Waals surface area contributed by atoms with Crippen molar-refractivity contribution in [1.82, 2.24) is 14.7 Å². The van der Waals surface area contributed by atoms with Gasteiger partial charge in [-0.1, -0.05) is 24.8 Å². The molecule has 0 unspecified atom stereocenters. The molecule has 2 heterocycles. The number of nitrogens with zero attached hydrogens (tertiary/aromatic N) is 3. The Kier molecular flexibility index (Phi) is 7.08. The minimum Gasteiger partial charge on any atom is -0.339 e. The summed E-state index contributed by atoms with van der Waals surface area (Å²) in [7, 11) is 2.23. The molecule has 0 saturated carbocycles. The van der Waals surface area contributed by atoms with E-state index in [4.69, 9.17) is 0 Å². The number of carbonyl (C=O) groups is 1. The van der Waals surface area contributed by atoms with Crippen molar-refractivity contribution in [2.75, 3.05) is 46.3 Å². The third kappa shape index (κ3) is 5.20. The molecule has 0 radical (unpaired) electrons. The van der Waals surface area contributed by atoms with Gasteiger partial charge in [-0.25, -0.2) is 0 Å². The first kappa shape index (κ1) is 20.1. The molecule has 2 saturated heterocycles. The summed E-state index contributed by atoms with van der Waals surface area (Å²) in [6, 6.07) is 8.55. The first-order valence-electron chi connectivity index (χ1n) is 10.5. The summed E-state index contributed by atoms with van der Waals surface area (Å²) in [6.07, 6.45) is 6.85. The molecule has 3 rings (SSSR count). The Morgan fingerprint density at radius 1 is 1.11 bits per heavy atom. The van der Waals surface area contributed by atoms with Gasteiger partial charge in [0.1, 0.15) is 0 Å². The third-order valence-electron chi connectivity index (χ3n) is 6.39.